The van der Waals surface area contributed by atoms with Gasteiger partial charge < -0.3 is 20.6 Å². The molecule has 0 fully saturated rings. The van der Waals surface area contributed by atoms with Crippen molar-refractivity contribution in [2.75, 3.05) is 6.54 Å². The summed E-state index contributed by atoms with van der Waals surface area (Å²) in [5, 5.41) is 30.5. The molecule has 1 heterocycles. The first-order valence-electron chi connectivity index (χ1n) is 5.76. The third kappa shape index (κ3) is 3.97. The number of nitrogens with one attached hydrogen (secondary N) is 1. The number of rotatable bonds is 7. The largest absolute Gasteiger partial charge is 0.506 e. The van der Waals surface area contributed by atoms with Crippen molar-refractivity contribution in [3.63, 3.8) is 0 Å². The van der Waals surface area contributed by atoms with Crippen molar-refractivity contribution in [1.29, 1.82) is 0 Å². The fourth-order valence-corrected chi connectivity index (χ4v) is 1.60. The molecule has 0 unspecified atom stereocenters. The zero-order chi connectivity index (χ0) is 13.5. The van der Waals surface area contributed by atoms with E-state index in [1.54, 1.807) is 6.92 Å². The Morgan fingerprint density at radius 1 is 1.50 bits per heavy atom. The molecule has 0 radical (unpaired) electrons. The molecule has 0 bridgehead atoms. The van der Waals surface area contributed by atoms with Crippen molar-refractivity contribution in [2.45, 2.75) is 32.9 Å². The van der Waals surface area contributed by atoms with E-state index in [2.05, 4.69) is 10.3 Å². The van der Waals surface area contributed by atoms with Gasteiger partial charge in [0.2, 0.25) is 0 Å². The molecule has 0 atom stereocenters. The standard InChI is InChI=1S/C12H18N2O4/c1-8-12(18)10(9(7-15)5-14-8)6-13-4-2-3-11(16)17/h5,13,15,18H,2-4,6-7H2,1H3,(H,16,17). The zero-order valence-corrected chi connectivity index (χ0v) is 10.3. The normalized spacial score (nSPS) is 10.6. The number of carboxylic acid groups (broad SMARTS) is 1. The zero-order valence-electron chi connectivity index (χ0n) is 10.3. The maximum atomic E-state index is 10.3. The van der Waals surface area contributed by atoms with E-state index in [4.69, 9.17) is 10.2 Å². The third-order valence-corrected chi connectivity index (χ3v) is 2.65. The first-order valence-corrected chi connectivity index (χ1v) is 5.76. The summed E-state index contributed by atoms with van der Waals surface area (Å²) in [6, 6.07) is 0. The van der Waals surface area contributed by atoms with Crippen molar-refractivity contribution in [3.05, 3.63) is 23.0 Å². The first-order chi connectivity index (χ1) is 8.56. The summed E-state index contributed by atoms with van der Waals surface area (Å²) in [6.45, 7) is 2.42. The summed E-state index contributed by atoms with van der Waals surface area (Å²) in [5.41, 5.74) is 1.69. The van der Waals surface area contributed by atoms with Crippen LogP contribution in [-0.4, -0.2) is 32.8 Å². The Bertz CT molecular complexity index is 421. The second kappa shape index (κ2) is 6.93. The predicted molar refractivity (Wildman–Crippen MR) is 65.1 cm³/mol. The van der Waals surface area contributed by atoms with Crippen molar-refractivity contribution < 1.29 is 20.1 Å². The maximum Gasteiger partial charge on any atom is 0.303 e. The number of hydrogen-bond donors (Lipinski definition) is 4. The highest BCUT2D eigenvalue weighted by molar-refractivity contribution is 5.66. The molecule has 0 saturated heterocycles. The van der Waals surface area contributed by atoms with Gasteiger partial charge in [0.25, 0.3) is 0 Å². The number of aliphatic hydroxyl groups is 1. The summed E-state index contributed by atoms with van der Waals surface area (Å²) in [6.07, 6.45) is 2.17. The van der Waals surface area contributed by atoms with Crippen molar-refractivity contribution in [1.82, 2.24) is 10.3 Å². The lowest BCUT2D eigenvalue weighted by Crippen LogP contribution is -2.17. The predicted octanol–water partition coefficient (Wildman–Crippen LogP) is 0.542. The van der Waals surface area contributed by atoms with Crippen LogP contribution in [-0.2, 0) is 17.9 Å². The fraction of sp³-hybridized carbons (Fsp3) is 0.500. The van der Waals surface area contributed by atoms with E-state index in [0.717, 1.165) is 0 Å². The van der Waals surface area contributed by atoms with Crippen LogP contribution in [0.3, 0.4) is 0 Å². The second-order valence-corrected chi connectivity index (χ2v) is 4.03. The van der Waals surface area contributed by atoms with E-state index in [9.17, 15) is 9.90 Å². The second-order valence-electron chi connectivity index (χ2n) is 4.03. The minimum atomic E-state index is -0.824. The summed E-state index contributed by atoms with van der Waals surface area (Å²) >= 11 is 0. The van der Waals surface area contributed by atoms with Gasteiger partial charge in [-0.1, -0.05) is 0 Å². The number of aromatic nitrogens is 1. The van der Waals surface area contributed by atoms with Gasteiger partial charge in [0, 0.05) is 30.3 Å². The molecule has 100 valence electrons. The van der Waals surface area contributed by atoms with Crippen LogP contribution in [0, 0.1) is 6.92 Å². The molecule has 1 aromatic rings. The Morgan fingerprint density at radius 3 is 2.83 bits per heavy atom. The van der Waals surface area contributed by atoms with Crippen LogP contribution in [0.1, 0.15) is 29.7 Å². The van der Waals surface area contributed by atoms with Crippen LogP contribution in [0.15, 0.2) is 6.20 Å². The molecular weight excluding hydrogens is 236 g/mol. The van der Waals surface area contributed by atoms with Gasteiger partial charge in [-0.2, -0.15) is 0 Å². The van der Waals surface area contributed by atoms with Crippen LogP contribution >= 0.6 is 0 Å². The van der Waals surface area contributed by atoms with Gasteiger partial charge >= 0.3 is 5.97 Å². The Kier molecular flexibility index (Phi) is 5.54. The number of hydrogen-bond acceptors (Lipinski definition) is 5. The van der Waals surface area contributed by atoms with E-state index >= 15 is 0 Å². The molecule has 0 aliphatic rings. The molecule has 18 heavy (non-hydrogen) atoms. The molecule has 1 rings (SSSR count). The number of nitrogens with zero attached hydrogens (tertiary/aromatic N) is 1. The number of carbonyl (C=O) groups is 1. The minimum Gasteiger partial charge on any atom is -0.506 e. The molecule has 6 heteroatoms. The topological polar surface area (TPSA) is 103 Å². The highest BCUT2D eigenvalue weighted by Gasteiger charge is 2.10. The van der Waals surface area contributed by atoms with E-state index in [1.165, 1.54) is 6.20 Å². The number of aliphatic hydroxyl groups excluding tert-OH is 1. The summed E-state index contributed by atoms with van der Waals surface area (Å²) < 4.78 is 0. The molecule has 0 aliphatic heterocycles. The van der Waals surface area contributed by atoms with E-state index in [-0.39, 0.29) is 18.8 Å². The number of aryl methyl sites for hydroxylation is 1. The van der Waals surface area contributed by atoms with E-state index in [0.29, 0.717) is 36.3 Å². The van der Waals surface area contributed by atoms with Gasteiger partial charge in [0.1, 0.15) is 5.75 Å². The molecule has 0 spiro atoms. The van der Waals surface area contributed by atoms with Gasteiger partial charge in [0.05, 0.1) is 12.3 Å². The molecule has 0 saturated carbocycles. The minimum absolute atomic E-state index is 0.0762. The fourth-order valence-electron chi connectivity index (χ4n) is 1.60. The van der Waals surface area contributed by atoms with Gasteiger partial charge in [-0.15, -0.1) is 0 Å². The quantitative estimate of drug-likeness (QED) is 0.530. The van der Waals surface area contributed by atoms with Crippen LogP contribution in [0.25, 0.3) is 0 Å². The monoisotopic (exact) mass is 254 g/mol. The van der Waals surface area contributed by atoms with E-state index in [1.807, 2.05) is 0 Å². The Morgan fingerprint density at radius 2 is 2.22 bits per heavy atom. The molecule has 4 N–H and O–H groups in total. The summed E-state index contributed by atoms with van der Waals surface area (Å²) in [4.78, 5) is 14.3. The third-order valence-electron chi connectivity index (χ3n) is 2.65. The smallest absolute Gasteiger partial charge is 0.303 e. The summed E-state index contributed by atoms with van der Waals surface area (Å²) in [5.74, 6) is -0.747. The maximum absolute atomic E-state index is 10.3. The number of pyridine rings is 1. The highest BCUT2D eigenvalue weighted by Crippen LogP contribution is 2.23. The van der Waals surface area contributed by atoms with Crippen molar-refractivity contribution in [3.8, 4) is 5.75 Å². The van der Waals surface area contributed by atoms with Crippen LogP contribution < -0.4 is 5.32 Å². The van der Waals surface area contributed by atoms with Crippen LogP contribution in [0.5, 0.6) is 5.75 Å². The Labute approximate surface area is 105 Å². The van der Waals surface area contributed by atoms with Crippen LogP contribution in [0.4, 0.5) is 0 Å². The number of carboxylic acids is 1. The Hall–Kier alpha value is -1.66. The van der Waals surface area contributed by atoms with Gasteiger partial charge in [-0.3, -0.25) is 9.78 Å². The molecule has 0 aromatic carbocycles. The molecule has 1 aromatic heterocycles. The lowest BCUT2D eigenvalue weighted by atomic mass is 10.1. The van der Waals surface area contributed by atoms with Gasteiger partial charge in [-0.25, -0.2) is 0 Å². The lowest BCUT2D eigenvalue weighted by molar-refractivity contribution is -0.137. The molecule has 0 amide bonds. The lowest BCUT2D eigenvalue weighted by Gasteiger charge is -2.12. The van der Waals surface area contributed by atoms with Crippen LogP contribution in [0.2, 0.25) is 0 Å². The SMILES string of the molecule is Cc1ncc(CO)c(CNCCCC(=O)O)c1O. The average molecular weight is 254 g/mol. The first kappa shape index (κ1) is 14.4. The highest BCUT2D eigenvalue weighted by atomic mass is 16.4. The van der Waals surface area contributed by atoms with E-state index < -0.39 is 5.97 Å². The Balaban J connectivity index is 2.55. The molecule has 6 nitrogen and oxygen atoms in total. The molecule has 0 aliphatic carbocycles. The van der Waals surface area contributed by atoms with Crippen molar-refractivity contribution >= 4 is 5.97 Å². The average Bonchev–Trinajstić information content (AvgIpc) is 2.33. The number of aromatic hydroxyl groups is 1. The summed E-state index contributed by atoms with van der Waals surface area (Å²) in [7, 11) is 0. The van der Waals surface area contributed by atoms with Gasteiger partial charge in [0.15, 0.2) is 0 Å². The molecular formula is C12H18N2O4. The number of aliphatic carboxylic acids is 1. The van der Waals surface area contributed by atoms with Crippen molar-refractivity contribution in [2.24, 2.45) is 0 Å². The van der Waals surface area contributed by atoms with Gasteiger partial charge in [-0.05, 0) is 19.9 Å².